The van der Waals surface area contributed by atoms with Crippen LogP contribution in [0.2, 0.25) is 0 Å². The molecule has 0 N–H and O–H groups in total. The van der Waals surface area contributed by atoms with E-state index in [1.54, 1.807) is 0 Å². The molecule has 0 aliphatic carbocycles. The van der Waals surface area contributed by atoms with Crippen LogP contribution in [-0.4, -0.2) is 25.8 Å². The highest BCUT2D eigenvalue weighted by Gasteiger charge is 2.13. The molecule has 0 rings (SSSR count). The number of hydrogen-bond donors (Lipinski definition) is 0. The van der Waals surface area contributed by atoms with E-state index in [-0.39, 0.29) is 11.9 Å². The third-order valence-electron chi connectivity index (χ3n) is 1.57. The van der Waals surface area contributed by atoms with Crippen molar-refractivity contribution >= 4 is 5.97 Å². The van der Waals surface area contributed by atoms with Crippen molar-refractivity contribution < 1.29 is 14.3 Å². The molecule has 0 aliphatic heterocycles. The second kappa shape index (κ2) is 8.05. The Hall–Kier alpha value is -0.570. The average Bonchev–Trinajstić information content (AvgIpc) is 2.14. The Bertz CT molecular complexity index is 134. The van der Waals surface area contributed by atoms with Crippen LogP contribution in [0.4, 0.5) is 0 Å². The molecule has 78 valence electrons. The van der Waals surface area contributed by atoms with Crippen molar-refractivity contribution in [2.75, 3.05) is 19.8 Å². The molecular weight excluding hydrogens is 168 g/mol. The van der Waals surface area contributed by atoms with Gasteiger partial charge < -0.3 is 9.47 Å². The molecule has 0 saturated carbocycles. The van der Waals surface area contributed by atoms with Crippen molar-refractivity contribution in [3.05, 3.63) is 0 Å². The Morgan fingerprint density at radius 2 is 1.85 bits per heavy atom. The maximum absolute atomic E-state index is 11.2. The van der Waals surface area contributed by atoms with Crippen molar-refractivity contribution in [1.82, 2.24) is 0 Å². The van der Waals surface area contributed by atoms with E-state index in [0.29, 0.717) is 19.8 Å². The molecule has 1 unspecified atom stereocenters. The van der Waals surface area contributed by atoms with Crippen LogP contribution < -0.4 is 0 Å². The molecule has 0 aromatic rings. The summed E-state index contributed by atoms with van der Waals surface area (Å²) in [4.78, 5) is 11.2. The molecule has 13 heavy (non-hydrogen) atoms. The monoisotopic (exact) mass is 188 g/mol. The molecule has 0 aliphatic rings. The number of rotatable bonds is 7. The van der Waals surface area contributed by atoms with E-state index in [4.69, 9.17) is 9.47 Å². The van der Waals surface area contributed by atoms with Gasteiger partial charge in [0.05, 0.1) is 19.1 Å². The predicted molar refractivity (Wildman–Crippen MR) is 51.5 cm³/mol. The molecule has 0 spiro atoms. The summed E-state index contributed by atoms with van der Waals surface area (Å²) in [6, 6.07) is 0. The normalized spacial score (nSPS) is 12.5. The van der Waals surface area contributed by atoms with Gasteiger partial charge in [-0.15, -0.1) is 0 Å². The SMILES string of the molecule is CCCOCC(C)C(=O)OCCC. The van der Waals surface area contributed by atoms with Crippen LogP contribution in [0.1, 0.15) is 33.6 Å². The zero-order valence-corrected chi connectivity index (χ0v) is 8.84. The van der Waals surface area contributed by atoms with E-state index < -0.39 is 0 Å². The van der Waals surface area contributed by atoms with Gasteiger partial charge in [-0.1, -0.05) is 13.8 Å². The fraction of sp³-hybridized carbons (Fsp3) is 0.900. The summed E-state index contributed by atoms with van der Waals surface area (Å²) in [7, 11) is 0. The van der Waals surface area contributed by atoms with Gasteiger partial charge in [-0.2, -0.15) is 0 Å². The molecule has 0 heterocycles. The van der Waals surface area contributed by atoms with Crippen LogP contribution in [0.5, 0.6) is 0 Å². The van der Waals surface area contributed by atoms with Gasteiger partial charge >= 0.3 is 5.97 Å². The smallest absolute Gasteiger partial charge is 0.310 e. The third kappa shape index (κ3) is 6.58. The van der Waals surface area contributed by atoms with Gasteiger partial charge in [0.25, 0.3) is 0 Å². The van der Waals surface area contributed by atoms with E-state index in [2.05, 4.69) is 0 Å². The van der Waals surface area contributed by atoms with E-state index in [0.717, 1.165) is 12.8 Å². The first-order valence-corrected chi connectivity index (χ1v) is 4.96. The predicted octanol–water partition coefficient (Wildman–Crippen LogP) is 2.00. The second-order valence-electron chi connectivity index (χ2n) is 3.14. The van der Waals surface area contributed by atoms with Crippen LogP contribution in [-0.2, 0) is 14.3 Å². The highest BCUT2D eigenvalue weighted by atomic mass is 16.5. The van der Waals surface area contributed by atoms with Crippen LogP contribution in [0.3, 0.4) is 0 Å². The molecule has 0 aromatic carbocycles. The minimum absolute atomic E-state index is 0.141. The first-order valence-electron chi connectivity index (χ1n) is 4.96. The molecule has 0 bridgehead atoms. The highest BCUT2D eigenvalue weighted by molar-refractivity contribution is 5.72. The fourth-order valence-corrected chi connectivity index (χ4v) is 0.817. The van der Waals surface area contributed by atoms with Crippen molar-refractivity contribution in [2.24, 2.45) is 5.92 Å². The highest BCUT2D eigenvalue weighted by Crippen LogP contribution is 2.00. The van der Waals surface area contributed by atoms with E-state index in [1.165, 1.54) is 0 Å². The van der Waals surface area contributed by atoms with Crippen LogP contribution in [0.25, 0.3) is 0 Å². The lowest BCUT2D eigenvalue weighted by Crippen LogP contribution is -2.20. The zero-order chi connectivity index (χ0) is 10.1. The van der Waals surface area contributed by atoms with Gasteiger partial charge in [-0.25, -0.2) is 0 Å². The van der Waals surface area contributed by atoms with Gasteiger partial charge in [0.2, 0.25) is 0 Å². The number of esters is 1. The van der Waals surface area contributed by atoms with Crippen molar-refractivity contribution in [3.8, 4) is 0 Å². The van der Waals surface area contributed by atoms with Crippen molar-refractivity contribution in [2.45, 2.75) is 33.6 Å². The maximum Gasteiger partial charge on any atom is 0.310 e. The van der Waals surface area contributed by atoms with Gasteiger partial charge in [0.15, 0.2) is 0 Å². The molecule has 0 radical (unpaired) electrons. The maximum atomic E-state index is 11.2. The lowest BCUT2D eigenvalue weighted by molar-refractivity contribution is -0.150. The molecule has 0 saturated heterocycles. The summed E-state index contributed by atoms with van der Waals surface area (Å²) in [5.74, 6) is -0.295. The summed E-state index contributed by atoms with van der Waals surface area (Å²) in [6.07, 6.45) is 1.85. The van der Waals surface area contributed by atoms with Gasteiger partial charge in [-0.3, -0.25) is 4.79 Å². The Morgan fingerprint density at radius 3 is 2.38 bits per heavy atom. The summed E-state index contributed by atoms with van der Waals surface area (Å²) in [5.41, 5.74) is 0. The van der Waals surface area contributed by atoms with Gasteiger partial charge in [0, 0.05) is 6.61 Å². The van der Waals surface area contributed by atoms with Gasteiger partial charge in [0.1, 0.15) is 0 Å². The molecule has 1 atom stereocenters. The molecule has 0 amide bonds. The Balaban J connectivity index is 3.45. The summed E-state index contributed by atoms with van der Waals surface area (Å²) >= 11 is 0. The third-order valence-corrected chi connectivity index (χ3v) is 1.57. The summed E-state index contributed by atoms with van der Waals surface area (Å²) in [5, 5.41) is 0. The quantitative estimate of drug-likeness (QED) is 0.453. The first kappa shape index (κ1) is 12.4. The second-order valence-corrected chi connectivity index (χ2v) is 3.14. The van der Waals surface area contributed by atoms with E-state index in [1.807, 2.05) is 20.8 Å². The Labute approximate surface area is 80.4 Å². The zero-order valence-electron chi connectivity index (χ0n) is 8.84. The topological polar surface area (TPSA) is 35.5 Å². The Kier molecular flexibility index (Phi) is 7.69. The molecule has 3 nitrogen and oxygen atoms in total. The first-order chi connectivity index (χ1) is 6.22. The number of hydrogen-bond acceptors (Lipinski definition) is 3. The van der Waals surface area contributed by atoms with E-state index in [9.17, 15) is 4.79 Å². The molecule has 0 fully saturated rings. The largest absolute Gasteiger partial charge is 0.465 e. The van der Waals surface area contributed by atoms with Crippen LogP contribution >= 0.6 is 0 Å². The van der Waals surface area contributed by atoms with Crippen molar-refractivity contribution in [3.63, 3.8) is 0 Å². The molecular formula is C10H20O3. The lowest BCUT2D eigenvalue weighted by atomic mass is 10.2. The Morgan fingerprint density at radius 1 is 1.23 bits per heavy atom. The minimum atomic E-state index is -0.155. The average molecular weight is 188 g/mol. The molecule has 0 aromatic heterocycles. The summed E-state index contributed by atoms with van der Waals surface area (Å²) in [6.45, 7) is 7.54. The van der Waals surface area contributed by atoms with Crippen LogP contribution in [0, 0.1) is 5.92 Å². The standard InChI is InChI=1S/C10H20O3/c1-4-6-12-8-9(3)10(11)13-7-5-2/h9H,4-8H2,1-3H3. The van der Waals surface area contributed by atoms with E-state index >= 15 is 0 Å². The van der Waals surface area contributed by atoms with Gasteiger partial charge in [-0.05, 0) is 19.8 Å². The van der Waals surface area contributed by atoms with Crippen LogP contribution in [0.15, 0.2) is 0 Å². The number of ether oxygens (including phenoxy) is 2. The number of carbonyl (C=O) groups excluding carboxylic acids is 1. The fourth-order valence-electron chi connectivity index (χ4n) is 0.817. The number of carbonyl (C=O) groups is 1. The van der Waals surface area contributed by atoms with Crippen molar-refractivity contribution in [1.29, 1.82) is 0 Å². The minimum Gasteiger partial charge on any atom is -0.465 e. The summed E-state index contributed by atoms with van der Waals surface area (Å²) < 4.78 is 10.2. The lowest BCUT2D eigenvalue weighted by Gasteiger charge is -2.10. The molecule has 3 heteroatoms.